The summed E-state index contributed by atoms with van der Waals surface area (Å²) in [7, 11) is 0. The van der Waals surface area contributed by atoms with Crippen LogP contribution in [-0.4, -0.2) is 52.7 Å². The van der Waals surface area contributed by atoms with Crippen molar-refractivity contribution in [1.29, 1.82) is 0 Å². The molecule has 1 saturated heterocycles. The summed E-state index contributed by atoms with van der Waals surface area (Å²) >= 11 is 0. The zero-order valence-electron chi connectivity index (χ0n) is 11.4. The summed E-state index contributed by atoms with van der Waals surface area (Å²) in [6.07, 6.45) is 3.87. The molecule has 1 aromatic heterocycles. The fourth-order valence-electron chi connectivity index (χ4n) is 2.41. The lowest BCUT2D eigenvalue weighted by Crippen LogP contribution is -2.47. The van der Waals surface area contributed by atoms with Crippen LogP contribution in [-0.2, 0) is 9.53 Å². The van der Waals surface area contributed by atoms with Gasteiger partial charge in [0.1, 0.15) is 5.92 Å². The van der Waals surface area contributed by atoms with Gasteiger partial charge in [0.2, 0.25) is 0 Å². The summed E-state index contributed by atoms with van der Waals surface area (Å²) in [6, 6.07) is 2.86. The fraction of sp³-hybridized carbons (Fsp3) is 0.500. The number of carbonyl (C=O) groups excluding carboxylic acids is 1. The van der Waals surface area contributed by atoms with Crippen molar-refractivity contribution in [1.82, 2.24) is 9.88 Å². The van der Waals surface area contributed by atoms with Crippen LogP contribution >= 0.6 is 0 Å². The molecule has 1 N–H and O–H groups in total. The lowest BCUT2D eigenvalue weighted by molar-refractivity contribution is -0.142. The average Bonchev–Trinajstić information content (AvgIpc) is 2.94. The highest BCUT2D eigenvalue weighted by molar-refractivity contribution is 5.94. The molecule has 1 aliphatic heterocycles. The maximum Gasteiger partial charge on any atom is 0.311 e. The van der Waals surface area contributed by atoms with E-state index >= 15 is 0 Å². The van der Waals surface area contributed by atoms with E-state index < -0.39 is 17.9 Å². The van der Waals surface area contributed by atoms with Crippen LogP contribution in [0.15, 0.2) is 24.5 Å². The summed E-state index contributed by atoms with van der Waals surface area (Å²) in [6.45, 7) is 2.90. The largest absolute Gasteiger partial charge is 0.481 e. The molecule has 108 valence electrons. The molecule has 1 fully saturated rings. The van der Waals surface area contributed by atoms with Crippen LogP contribution in [0.5, 0.6) is 0 Å². The second-order valence-electron chi connectivity index (χ2n) is 4.78. The fourth-order valence-corrected chi connectivity index (χ4v) is 2.41. The first-order valence-corrected chi connectivity index (χ1v) is 6.66. The van der Waals surface area contributed by atoms with Crippen molar-refractivity contribution in [3.63, 3.8) is 0 Å². The Hall–Kier alpha value is -1.95. The summed E-state index contributed by atoms with van der Waals surface area (Å²) < 4.78 is 5.26. The lowest BCUT2D eigenvalue weighted by atomic mass is 10.0. The van der Waals surface area contributed by atoms with E-state index in [2.05, 4.69) is 4.98 Å². The highest BCUT2D eigenvalue weighted by atomic mass is 16.5. The van der Waals surface area contributed by atoms with Gasteiger partial charge in [0, 0.05) is 24.5 Å². The number of nitrogens with zero attached hydrogens (tertiary/aromatic N) is 2. The van der Waals surface area contributed by atoms with Crippen molar-refractivity contribution in [3.8, 4) is 0 Å². The third kappa shape index (κ3) is 2.96. The number of hydrogen-bond acceptors (Lipinski definition) is 4. The van der Waals surface area contributed by atoms with Gasteiger partial charge in [-0.25, -0.2) is 0 Å². The van der Waals surface area contributed by atoms with Gasteiger partial charge in [-0.3, -0.25) is 14.6 Å². The molecule has 20 heavy (non-hydrogen) atoms. The van der Waals surface area contributed by atoms with E-state index in [1.165, 1.54) is 0 Å². The Morgan fingerprint density at radius 1 is 1.40 bits per heavy atom. The van der Waals surface area contributed by atoms with Gasteiger partial charge in [-0.05, 0) is 18.6 Å². The minimum atomic E-state index is -0.920. The molecule has 2 heterocycles. The van der Waals surface area contributed by atoms with E-state index in [9.17, 15) is 14.7 Å². The Bertz CT molecular complexity index is 477. The number of aliphatic carboxylic acids is 1. The number of rotatable bonds is 5. The number of pyridine rings is 1. The third-order valence-electron chi connectivity index (χ3n) is 3.42. The predicted molar refractivity (Wildman–Crippen MR) is 71.3 cm³/mol. The minimum Gasteiger partial charge on any atom is -0.481 e. The Labute approximate surface area is 117 Å². The highest BCUT2D eigenvalue weighted by Crippen LogP contribution is 2.22. The van der Waals surface area contributed by atoms with Crippen LogP contribution in [0.25, 0.3) is 0 Å². The van der Waals surface area contributed by atoms with Crippen LogP contribution in [0.4, 0.5) is 0 Å². The lowest BCUT2D eigenvalue weighted by Gasteiger charge is -2.30. The molecule has 0 aromatic carbocycles. The molecule has 1 aliphatic rings. The van der Waals surface area contributed by atoms with E-state index in [-0.39, 0.29) is 19.1 Å². The third-order valence-corrected chi connectivity index (χ3v) is 3.42. The zero-order valence-corrected chi connectivity index (χ0v) is 11.4. The molecule has 0 spiro atoms. The number of carbonyl (C=O) groups is 2. The second kappa shape index (κ2) is 6.47. The molecule has 1 aromatic rings. The van der Waals surface area contributed by atoms with Gasteiger partial charge in [-0.15, -0.1) is 0 Å². The van der Waals surface area contributed by atoms with Crippen molar-refractivity contribution < 1.29 is 19.4 Å². The van der Waals surface area contributed by atoms with E-state index in [0.717, 1.165) is 6.42 Å². The van der Waals surface area contributed by atoms with Crippen LogP contribution < -0.4 is 0 Å². The highest BCUT2D eigenvalue weighted by Gasteiger charge is 2.39. The van der Waals surface area contributed by atoms with Gasteiger partial charge in [0.05, 0.1) is 19.3 Å². The van der Waals surface area contributed by atoms with E-state index in [1.807, 2.05) is 6.92 Å². The SMILES string of the molecule is CCCN(C(=O)c1ccncc1)C1COCC1C(=O)O. The molecule has 1 amide bonds. The summed E-state index contributed by atoms with van der Waals surface area (Å²) in [5.74, 6) is -1.75. The molecular weight excluding hydrogens is 260 g/mol. The molecule has 0 saturated carbocycles. The summed E-state index contributed by atoms with van der Waals surface area (Å²) in [5.41, 5.74) is 0.518. The molecule has 2 unspecified atom stereocenters. The zero-order chi connectivity index (χ0) is 14.5. The van der Waals surface area contributed by atoms with Crippen molar-refractivity contribution in [2.24, 2.45) is 5.92 Å². The summed E-state index contributed by atoms with van der Waals surface area (Å²) in [4.78, 5) is 29.3. The van der Waals surface area contributed by atoms with Crippen LogP contribution in [0.1, 0.15) is 23.7 Å². The first-order chi connectivity index (χ1) is 9.65. The van der Waals surface area contributed by atoms with Gasteiger partial charge < -0.3 is 14.7 Å². The van der Waals surface area contributed by atoms with Crippen molar-refractivity contribution in [2.75, 3.05) is 19.8 Å². The number of ether oxygens (including phenoxy) is 1. The normalized spacial score (nSPS) is 21.6. The van der Waals surface area contributed by atoms with Crippen LogP contribution in [0.2, 0.25) is 0 Å². The smallest absolute Gasteiger partial charge is 0.311 e. The molecule has 0 radical (unpaired) electrons. The number of carboxylic acids is 1. The van der Waals surface area contributed by atoms with Crippen molar-refractivity contribution >= 4 is 11.9 Å². The first-order valence-electron chi connectivity index (χ1n) is 6.66. The van der Waals surface area contributed by atoms with Gasteiger partial charge in [-0.1, -0.05) is 6.92 Å². The number of carboxylic acid groups (broad SMARTS) is 1. The average molecular weight is 278 g/mol. The Morgan fingerprint density at radius 2 is 2.10 bits per heavy atom. The Balaban J connectivity index is 2.22. The molecule has 2 atom stereocenters. The summed E-state index contributed by atoms with van der Waals surface area (Å²) in [5, 5.41) is 9.23. The van der Waals surface area contributed by atoms with E-state index in [0.29, 0.717) is 12.1 Å². The van der Waals surface area contributed by atoms with Crippen molar-refractivity contribution in [3.05, 3.63) is 30.1 Å². The standard InChI is InChI=1S/C14H18N2O4/c1-2-7-16(12-9-20-8-11(12)14(18)19)13(17)10-3-5-15-6-4-10/h3-6,11-12H,2,7-9H2,1H3,(H,18,19). The number of aromatic nitrogens is 1. The minimum absolute atomic E-state index is 0.157. The van der Waals surface area contributed by atoms with Crippen LogP contribution in [0, 0.1) is 5.92 Å². The quantitative estimate of drug-likeness (QED) is 0.870. The van der Waals surface area contributed by atoms with E-state index in [4.69, 9.17) is 4.74 Å². The molecule has 0 aliphatic carbocycles. The van der Waals surface area contributed by atoms with Crippen molar-refractivity contribution in [2.45, 2.75) is 19.4 Å². The number of amides is 1. The monoisotopic (exact) mass is 278 g/mol. The molecular formula is C14H18N2O4. The van der Waals surface area contributed by atoms with Crippen LogP contribution in [0.3, 0.4) is 0 Å². The molecule has 6 heteroatoms. The Kier molecular flexibility index (Phi) is 4.68. The Morgan fingerprint density at radius 3 is 2.70 bits per heavy atom. The van der Waals surface area contributed by atoms with Gasteiger partial charge >= 0.3 is 5.97 Å². The molecule has 0 bridgehead atoms. The van der Waals surface area contributed by atoms with Gasteiger partial charge in [0.15, 0.2) is 0 Å². The second-order valence-corrected chi connectivity index (χ2v) is 4.78. The molecule has 2 rings (SSSR count). The maximum absolute atomic E-state index is 12.5. The van der Waals surface area contributed by atoms with Gasteiger partial charge in [-0.2, -0.15) is 0 Å². The topological polar surface area (TPSA) is 79.7 Å². The number of hydrogen-bond donors (Lipinski definition) is 1. The van der Waals surface area contributed by atoms with Gasteiger partial charge in [0.25, 0.3) is 5.91 Å². The maximum atomic E-state index is 12.5. The first kappa shape index (κ1) is 14.5. The van der Waals surface area contributed by atoms with E-state index in [1.54, 1.807) is 29.4 Å². The molecule has 6 nitrogen and oxygen atoms in total. The predicted octanol–water partition coefficient (Wildman–Crippen LogP) is 1.03.